The molecule has 33 heavy (non-hydrogen) atoms. The van der Waals surface area contributed by atoms with Crippen LogP contribution in [0.3, 0.4) is 0 Å². The van der Waals surface area contributed by atoms with Gasteiger partial charge in [-0.15, -0.1) is 34.7 Å². The van der Waals surface area contributed by atoms with Crippen molar-refractivity contribution in [2.24, 2.45) is 5.16 Å². The summed E-state index contributed by atoms with van der Waals surface area (Å²) >= 11 is 8.58. The number of carboxylic acid groups (broad SMARTS) is 1. The predicted molar refractivity (Wildman–Crippen MR) is 119 cm³/mol. The van der Waals surface area contributed by atoms with Gasteiger partial charge in [-0.25, -0.2) is 4.98 Å². The van der Waals surface area contributed by atoms with Crippen molar-refractivity contribution in [2.45, 2.75) is 73.2 Å². The zero-order chi connectivity index (χ0) is 23.2. The summed E-state index contributed by atoms with van der Waals surface area (Å²) in [4.78, 5) is 48.3. The molecule has 1 aliphatic carbocycles. The number of thioether (sulfide) groups is 1. The molecular formula is C19H23ClN5NaO5S2. The van der Waals surface area contributed by atoms with Crippen molar-refractivity contribution in [3.8, 4) is 0 Å². The third-order valence-corrected chi connectivity index (χ3v) is 8.51. The number of β-lactam (4-membered cyclic amide) rings is 1. The van der Waals surface area contributed by atoms with Gasteiger partial charge < -0.3 is 30.7 Å². The fourth-order valence-electron chi connectivity index (χ4n) is 4.19. The van der Waals surface area contributed by atoms with E-state index in [1.807, 2.05) is 0 Å². The van der Waals surface area contributed by atoms with E-state index in [0.29, 0.717) is 0 Å². The zero-order valence-electron chi connectivity index (χ0n) is 18.4. The molecule has 3 N–H and O–H groups in total. The summed E-state index contributed by atoms with van der Waals surface area (Å²) in [5.41, 5.74) is 5.87. The first kappa shape index (κ1) is 26.6. The molecule has 1 aromatic heterocycles. The second-order valence-corrected chi connectivity index (χ2v) is 11.8. The van der Waals surface area contributed by atoms with Gasteiger partial charge in [0.1, 0.15) is 23.2 Å². The number of fused-ring (bicyclic) bond motifs is 1. The van der Waals surface area contributed by atoms with Crippen LogP contribution < -0.4 is 45.7 Å². The molecule has 2 amide bonds. The number of anilines is 1. The summed E-state index contributed by atoms with van der Waals surface area (Å²) in [5, 5.41) is 19.7. The molecule has 3 atom stereocenters. The number of rotatable bonds is 6. The van der Waals surface area contributed by atoms with Crippen molar-refractivity contribution in [1.82, 2.24) is 15.2 Å². The first-order valence-electron chi connectivity index (χ1n) is 10.2. The van der Waals surface area contributed by atoms with Gasteiger partial charge >= 0.3 is 29.6 Å². The maximum Gasteiger partial charge on any atom is 1.00 e. The molecule has 0 bridgehead atoms. The minimum absolute atomic E-state index is 0. The molecule has 10 nitrogen and oxygen atoms in total. The van der Waals surface area contributed by atoms with Gasteiger partial charge in [0, 0.05) is 15.5 Å². The molecule has 2 saturated heterocycles. The number of nitrogen functional groups attached to an aromatic ring is 1. The Hall–Kier alpha value is -1.05. The summed E-state index contributed by atoms with van der Waals surface area (Å²) in [7, 11) is 0. The predicted octanol–water partition coefficient (Wildman–Crippen LogP) is -2.70. The fourth-order valence-corrected chi connectivity index (χ4v) is 6.61. The standard InChI is InChI=1S/C19H24ClN5O5S2.Na/c1-19(2)13(17(28)29)25-15(27)12(16(25)32-19)23-14(26)11(10-7-31-18(21)22-10)24-30-9-5-3-8(20)4-6-9;/h7-9,12-13,16H,3-6H2,1-2H3,(H2,21,22)(H,23,26)(H,28,29);/q;+1/p-1/b24-11-;/t8?,9?,12-,13-,16+;/m0./s1. The Kier molecular flexibility index (Phi) is 8.28. The monoisotopic (exact) mass is 523 g/mol. The van der Waals surface area contributed by atoms with Gasteiger partial charge in [0.05, 0.1) is 12.0 Å². The first-order valence-corrected chi connectivity index (χ1v) is 12.4. The van der Waals surface area contributed by atoms with Crippen LogP contribution in [-0.4, -0.2) is 67.1 Å². The second kappa shape index (κ2) is 10.3. The number of aromatic nitrogens is 1. The van der Waals surface area contributed by atoms with Crippen molar-refractivity contribution in [3.63, 3.8) is 0 Å². The number of aliphatic carboxylic acids is 1. The fraction of sp³-hybridized carbons (Fsp3) is 0.632. The van der Waals surface area contributed by atoms with Gasteiger partial charge in [0.15, 0.2) is 10.8 Å². The van der Waals surface area contributed by atoms with E-state index in [1.54, 1.807) is 19.2 Å². The molecule has 14 heteroatoms. The minimum Gasteiger partial charge on any atom is -0.548 e. The number of amides is 2. The van der Waals surface area contributed by atoms with Crippen LogP contribution in [0.15, 0.2) is 10.5 Å². The average molecular weight is 524 g/mol. The van der Waals surface area contributed by atoms with Crippen LogP contribution in [0.1, 0.15) is 45.2 Å². The van der Waals surface area contributed by atoms with Crippen molar-refractivity contribution in [2.75, 3.05) is 5.73 Å². The average Bonchev–Trinajstić information content (AvgIpc) is 3.26. The summed E-state index contributed by atoms with van der Waals surface area (Å²) in [6.45, 7) is 3.47. The molecule has 1 aromatic rings. The van der Waals surface area contributed by atoms with E-state index in [4.69, 9.17) is 22.2 Å². The van der Waals surface area contributed by atoms with E-state index < -0.39 is 40.0 Å². The van der Waals surface area contributed by atoms with E-state index in [0.717, 1.165) is 37.0 Å². The Morgan fingerprint density at radius 3 is 2.61 bits per heavy atom. The number of carbonyl (C=O) groups excluding carboxylic acids is 3. The van der Waals surface area contributed by atoms with Gasteiger partial charge in [-0.3, -0.25) is 9.59 Å². The van der Waals surface area contributed by atoms with Crippen LogP contribution in [0.4, 0.5) is 5.13 Å². The summed E-state index contributed by atoms with van der Waals surface area (Å²) in [6, 6.07) is -1.95. The molecule has 0 spiro atoms. The van der Waals surface area contributed by atoms with E-state index in [9.17, 15) is 19.5 Å². The number of nitrogens with zero attached hydrogens (tertiary/aromatic N) is 3. The number of alkyl halides is 1. The van der Waals surface area contributed by atoms with E-state index in [1.165, 1.54) is 16.7 Å². The SMILES string of the molecule is CC1(C)S[C@@H]2[C@@H](NC(=O)/C(=N\OC3CCC(Cl)CC3)c3csc(N)n3)C(=O)N2[C@H]1C(=O)[O-].[Na+]. The van der Waals surface area contributed by atoms with Gasteiger partial charge in [-0.2, -0.15) is 0 Å². The molecule has 4 rings (SSSR count). The molecular weight excluding hydrogens is 501 g/mol. The Morgan fingerprint density at radius 2 is 2.03 bits per heavy atom. The Morgan fingerprint density at radius 1 is 1.36 bits per heavy atom. The summed E-state index contributed by atoms with van der Waals surface area (Å²) in [6.07, 6.45) is 2.88. The third-order valence-electron chi connectivity index (χ3n) is 5.83. The van der Waals surface area contributed by atoms with Crippen LogP contribution >= 0.6 is 34.7 Å². The molecule has 1 saturated carbocycles. The maximum absolute atomic E-state index is 13.1. The third kappa shape index (κ3) is 5.30. The van der Waals surface area contributed by atoms with Gasteiger partial charge in [0.2, 0.25) is 5.91 Å². The topological polar surface area (TPSA) is 150 Å². The normalized spacial score (nSPS) is 30.6. The van der Waals surface area contributed by atoms with E-state index in [-0.39, 0.29) is 57.6 Å². The Labute approximate surface area is 226 Å². The number of carbonyl (C=O) groups is 3. The number of thiazole rings is 1. The number of nitrogens with two attached hydrogens (primary N) is 1. The number of hydrogen-bond donors (Lipinski definition) is 2. The minimum atomic E-state index is -1.32. The number of nitrogens with one attached hydrogen (secondary N) is 1. The van der Waals surface area contributed by atoms with E-state index >= 15 is 0 Å². The van der Waals surface area contributed by atoms with Gasteiger partial charge in [-0.1, -0.05) is 5.16 Å². The largest absolute Gasteiger partial charge is 1.00 e. The smallest absolute Gasteiger partial charge is 0.548 e. The molecule has 2 aliphatic heterocycles. The Bertz CT molecular complexity index is 968. The molecule has 174 valence electrons. The first-order chi connectivity index (χ1) is 15.1. The molecule has 0 radical (unpaired) electrons. The van der Waals surface area contributed by atoms with Crippen LogP contribution in [0.5, 0.6) is 0 Å². The second-order valence-electron chi connectivity index (χ2n) is 8.52. The van der Waals surface area contributed by atoms with Crippen LogP contribution in [0.2, 0.25) is 0 Å². The molecule has 3 heterocycles. The Balaban J connectivity index is 0.00000306. The van der Waals surface area contributed by atoms with Crippen molar-refractivity contribution in [3.05, 3.63) is 11.1 Å². The number of oxime groups is 1. The van der Waals surface area contributed by atoms with Crippen molar-refractivity contribution in [1.29, 1.82) is 0 Å². The number of carboxylic acids is 1. The summed E-state index contributed by atoms with van der Waals surface area (Å²) in [5.74, 6) is -2.44. The van der Waals surface area contributed by atoms with Crippen LogP contribution in [0, 0.1) is 0 Å². The summed E-state index contributed by atoms with van der Waals surface area (Å²) < 4.78 is -0.747. The number of halogens is 1. The molecule has 3 fully saturated rings. The quantitative estimate of drug-likeness (QED) is 0.134. The van der Waals surface area contributed by atoms with Crippen LogP contribution in [0.25, 0.3) is 0 Å². The van der Waals surface area contributed by atoms with Crippen molar-refractivity contribution >= 4 is 63.3 Å². The molecule has 0 aromatic carbocycles. The van der Waals surface area contributed by atoms with Crippen molar-refractivity contribution < 1.29 is 53.9 Å². The zero-order valence-corrected chi connectivity index (χ0v) is 22.8. The number of hydrogen-bond acceptors (Lipinski definition) is 10. The van der Waals surface area contributed by atoms with Gasteiger partial charge in [-0.05, 0) is 39.5 Å². The molecule has 0 unspecified atom stereocenters. The van der Waals surface area contributed by atoms with Gasteiger partial charge in [0.25, 0.3) is 5.91 Å². The maximum atomic E-state index is 13.1. The van der Waals surface area contributed by atoms with E-state index in [2.05, 4.69) is 15.5 Å². The van der Waals surface area contributed by atoms with Crippen LogP contribution in [-0.2, 0) is 19.2 Å². The molecule has 3 aliphatic rings.